The zero-order chi connectivity index (χ0) is 15.4. The Morgan fingerprint density at radius 2 is 2.19 bits per heavy atom. The molecule has 1 aromatic heterocycles. The fourth-order valence-electron chi connectivity index (χ4n) is 2.80. The van der Waals surface area contributed by atoms with Crippen molar-refractivity contribution in [2.75, 3.05) is 19.7 Å². The van der Waals surface area contributed by atoms with Gasteiger partial charge in [0.05, 0.1) is 12.6 Å². The van der Waals surface area contributed by atoms with E-state index in [-0.39, 0.29) is 18.6 Å². The summed E-state index contributed by atoms with van der Waals surface area (Å²) in [5, 5.41) is 2.65. The summed E-state index contributed by atoms with van der Waals surface area (Å²) in [4.78, 5) is 25.5. The molecule has 2 amide bonds. The number of carbonyl (C=O) groups is 2. The highest BCUT2D eigenvalue weighted by Gasteiger charge is 2.32. The summed E-state index contributed by atoms with van der Waals surface area (Å²) in [5.74, 6) is -0.111. The Morgan fingerprint density at radius 1 is 1.43 bits per heavy atom. The molecule has 0 saturated heterocycles. The molecule has 116 valence electrons. The molecule has 1 unspecified atom stereocenters. The molecule has 0 radical (unpaired) electrons. The summed E-state index contributed by atoms with van der Waals surface area (Å²) in [6.07, 6.45) is 2.04. The maximum Gasteiger partial charge on any atom is 0.325 e. The van der Waals surface area contributed by atoms with Crippen LogP contribution in [-0.2, 0) is 16.1 Å². The molecule has 0 saturated carbocycles. The van der Waals surface area contributed by atoms with Gasteiger partial charge in [0.2, 0.25) is 0 Å². The van der Waals surface area contributed by atoms with Crippen LogP contribution in [0.25, 0.3) is 0 Å². The normalized spacial score (nSPS) is 17.5. The number of ether oxygens (including phenoxy) is 1. The molecular weight excluding hydrogens is 270 g/mol. The van der Waals surface area contributed by atoms with Gasteiger partial charge in [0, 0.05) is 25.0 Å². The third-order valence-corrected chi connectivity index (χ3v) is 3.67. The Balaban J connectivity index is 2.05. The molecule has 6 nitrogen and oxygen atoms in total. The molecule has 2 heterocycles. The smallest absolute Gasteiger partial charge is 0.325 e. The van der Waals surface area contributed by atoms with Gasteiger partial charge in [0.15, 0.2) is 0 Å². The van der Waals surface area contributed by atoms with Crippen molar-refractivity contribution in [2.45, 2.75) is 33.4 Å². The van der Waals surface area contributed by atoms with Gasteiger partial charge < -0.3 is 19.5 Å². The molecule has 0 fully saturated rings. The van der Waals surface area contributed by atoms with Crippen LogP contribution in [0.3, 0.4) is 0 Å². The van der Waals surface area contributed by atoms with Crippen LogP contribution in [0.1, 0.15) is 32.5 Å². The predicted octanol–water partition coefficient (Wildman–Crippen LogP) is 1.77. The van der Waals surface area contributed by atoms with Crippen LogP contribution >= 0.6 is 0 Å². The SMILES string of the molecule is CCOC(=O)CNC(=O)N1CCn2cccc2C1C(C)C. The molecule has 0 aromatic carbocycles. The van der Waals surface area contributed by atoms with Gasteiger partial charge in [-0.3, -0.25) is 4.79 Å². The average molecular weight is 293 g/mol. The Hall–Kier alpha value is -1.98. The maximum atomic E-state index is 12.4. The van der Waals surface area contributed by atoms with E-state index in [9.17, 15) is 9.59 Å². The Morgan fingerprint density at radius 3 is 2.86 bits per heavy atom. The lowest BCUT2D eigenvalue weighted by molar-refractivity contribution is -0.141. The number of amides is 2. The van der Waals surface area contributed by atoms with Crippen molar-refractivity contribution in [3.8, 4) is 0 Å². The molecule has 1 atom stereocenters. The topological polar surface area (TPSA) is 63.6 Å². The van der Waals surface area contributed by atoms with Crippen LogP contribution in [0.4, 0.5) is 4.79 Å². The van der Waals surface area contributed by atoms with Gasteiger partial charge in [-0.05, 0) is 25.0 Å². The first-order chi connectivity index (χ1) is 10.0. The first-order valence-electron chi connectivity index (χ1n) is 7.39. The number of fused-ring (bicyclic) bond motifs is 1. The summed E-state index contributed by atoms with van der Waals surface area (Å²) in [7, 11) is 0. The van der Waals surface area contributed by atoms with Crippen molar-refractivity contribution < 1.29 is 14.3 Å². The summed E-state index contributed by atoms with van der Waals surface area (Å²) in [6.45, 7) is 7.58. The van der Waals surface area contributed by atoms with E-state index >= 15 is 0 Å². The minimum Gasteiger partial charge on any atom is -0.465 e. The van der Waals surface area contributed by atoms with E-state index in [4.69, 9.17) is 4.74 Å². The molecule has 0 aliphatic carbocycles. The lowest BCUT2D eigenvalue weighted by atomic mass is 9.97. The highest BCUT2D eigenvalue weighted by Crippen LogP contribution is 2.32. The summed E-state index contributed by atoms with van der Waals surface area (Å²) in [6, 6.07) is 3.87. The minimum absolute atomic E-state index is 0.0240. The van der Waals surface area contributed by atoms with Crippen LogP contribution in [0, 0.1) is 5.92 Å². The van der Waals surface area contributed by atoms with E-state index in [2.05, 4.69) is 29.8 Å². The largest absolute Gasteiger partial charge is 0.465 e. The van der Waals surface area contributed by atoms with Crippen LogP contribution in [0.15, 0.2) is 18.3 Å². The Labute approximate surface area is 125 Å². The first kappa shape index (κ1) is 15.4. The molecule has 1 aromatic rings. The van der Waals surface area contributed by atoms with E-state index in [1.54, 1.807) is 11.8 Å². The van der Waals surface area contributed by atoms with Crippen LogP contribution in [0.5, 0.6) is 0 Å². The van der Waals surface area contributed by atoms with Crippen LogP contribution in [-0.4, -0.2) is 41.2 Å². The van der Waals surface area contributed by atoms with Gasteiger partial charge in [-0.1, -0.05) is 13.8 Å². The van der Waals surface area contributed by atoms with E-state index < -0.39 is 5.97 Å². The number of aromatic nitrogens is 1. The molecule has 21 heavy (non-hydrogen) atoms. The highest BCUT2D eigenvalue weighted by molar-refractivity contribution is 5.81. The molecule has 0 bridgehead atoms. The van der Waals surface area contributed by atoms with Gasteiger partial charge >= 0.3 is 12.0 Å². The fourth-order valence-corrected chi connectivity index (χ4v) is 2.80. The van der Waals surface area contributed by atoms with Gasteiger partial charge in [0.25, 0.3) is 0 Å². The van der Waals surface area contributed by atoms with Crippen molar-refractivity contribution in [3.05, 3.63) is 24.0 Å². The minimum atomic E-state index is -0.410. The van der Waals surface area contributed by atoms with Crippen molar-refractivity contribution in [1.82, 2.24) is 14.8 Å². The number of nitrogens with one attached hydrogen (secondary N) is 1. The standard InChI is InChI=1S/C15H23N3O3/c1-4-21-13(19)10-16-15(20)18-9-8-17-7-5-6-12(17)14(18)11(2)3/h5-7,11,14H,4,8-10H2,1-3H3,(H,16,20). The lowest BCUT2D eigenvalue weighted by Crippen LogP contribution is -2.49. The third kappa shape index (κ3) is 3.37. The molecule has 2 rings (SSSR count). The summed E-state index contributed by atoms with van der Waals surface area (Å²) in [5.41, 5.74) is 1.14. The number of esters is 1. The van der Waals surface area contributed by atoms with Crippen molar-refractivity contribution >= 4 is 12.0 Å². The second-order valence-electron chi connectivity index (χ2n) is 5.47. The van der Waals surface area contributed by atoms with E-state index in [0.29, 0.717) is 19.1 Å². The Bertz CT molecular complexity index is 510. The molecular formula is C15H23N3O3. The second-order valence-corrected chi connectivity index (χ2v) is 5.47. The molecule has 1 N–H and O–H groups in total. The molecule has 1 aliphatic heterocycles. The van der Waals surface area contributed by atoms with Crippen molar-refractivity contribution in [3.63, 3.8) is 0 Å². The quantitative estimate of drug-likeness (QED) is 0.861. The second kappa shape index (κ2) is 6.65. The number of hydrogen-bond acceptors (Lipinski definition) is 3. The van der Waals surface area contributed by atoms with Gasteiger partial charge in [-0.15, -0.1) is 0 Å². The average Bonchev–Trinajstić information content (AvgIpc) is 2.91. The van der Waals surface area contributed by atoms with E-state index in [0.717, 1.165) is 12.2 Å². The number of hydrogen-bond donors (Lipinski definition) is 1. The van der Waals surface area contributed by atoms with Gasteiger partial charge in [-0.25, -0.2) is 4.79 Å². The predicted molar refractivity (Wildman–Crippen MR) is 78.7 cm³/mol. The Kier molecular flexibility index (Phi) is 4.88. The zero-order valence-corrected chi connectivity index (χ0v) is 12.8. The number of carbonyl (C=O) groups excluding carboxylic acids is 2. The van der Waals surface area contributed by atoms with Gasteiger partial charge in [0.1, 0.15) is 6.54 Å². The first-order valence-corrected chi connectivity index (χ1v) is 7.39. The van der Waals surface area contributed by atoms with Gasteiger partial charge in [-0.2, -0.15) is 0 Å². The fraction of sp³-hybridized carbons (Fsp3) is 0.600. The van der Waals surface area contributed by atoms with Crippen molar-refractivity contribution in [1.29, 1.82) is 0 Å². The monoisotopic (exact) mass is 293 g/mol. The molecule has 1 aliphatic rings. The van der Waals surface area contributed by atoms with Crippen LogP contribution < -0.4 is 5.32 Å². The lowest BCUT2D eigenvalue weighted by Gasteiger charge is -2.39. The third-order valence-electron chi connectivity index (χ3n) is 3.67. The zero-order valence-electron chi connectivity index (χ0n) is 12.8. The number of nitrogens with zero attached hydrogens (tertiary/aromatic N) is 2. The summed E-state index contributed by atoms with van der Waals surface area (Å²) >= 11 is 0. The number of rotatable bonds is 4. The molecule has 0 spiro atoms. The number of urea groups is 1. The van der Waals surface area contributed by atoms with E-state index in [1.165, 1.54) is 0 Å². The van der Waals surface area contributed by atoms with Crippen molar-refractivity contribution in [2.24, 2.45) is 5.92 Å². The summed E-state index contributed by atoms with van der Waals surface area (Å²) < 4.78 is 7.00. The molecule has 6 heteroatoms. The maximum absolute atomic E-state index is 12.4. The highest BCUT2D eigenvalue weighted by atomic mass is 16.5. The van der Waals surface area contributed by atoms with Crippen LogP contribution in [0.2, 0.25) is 0 Å². The van der Waals surface area contributed by atoms with E-state index in [1.807, 2.05) is 12.3 Å².